The van der Waals surface area contributed by atoms with Crippen molar-refractivity contribution in [1.82, 2.24) is 29.8 Å². The molecule has 2 aromatic rings. The number of hydrogen-bond acceptors (Lipinski definition) is 5. The van der Waals surface area contributed by atoms with Gasteiger partial charge in [-0.1, -0.05) is 0 Å². The lowest BCUT2D eigenvalue weighted by atomic mass is 10.2. The Labute approximate surface area is 153 Å². The van der Waals surface area contributed by atoms with Gasteiger partial charge in [0.15, 0.2) is 0 Å². The highest BCUT2D eigenvalue weighted by molar-refractivity contribution is 5.91. The molecule has 3 heterocycles. The van der Waals surface area contributed by atoms with Crippen LogP contribution >= 0.6 is 24.8 Å². The molecule has 1 aliphatic carbocycles. The molecule has 1 saturated carbocycles. The van der Waals surface area contributed by atoms with Crippen molar-refractivity contribution in [3.05, 3.63) is 23.8 Å². The zero-order chi connectivity index (χ0) is 15.1. The Bertz CT molecular complexity index is 711. The molecule has 4 rings (SSSR count). The van der Waals surface area contributed by atoms with Crippen LogP contribution < -0.4 is 5.32 Å². The van der Waals surface area contributed by atoms with Crippen molar-refractivity contribution in [3.8, 4) is 0 Å². The van der Waals surface area contributed by atoms with Crippen molar-refractivity contribution in [2.75, 3.05) is 13.1 Å². The number of rotatable bonds is 4. The van der Waals surface area contributed by atoms with Crippen LogP contribution in [0.25, 0.3) is 5.78 Å². The third-order valence-electron chi connectivity index (χ3n) is 4.45. The largest absolute Gasteiger partial charge is 0.331 e. The van der Waals surface area contributed by atoms with Crippen LogP contribution in [0, 0.1) is 6.92 Å². The summed E-state index contributed by atoms with van der Waals surface area (Å²) >= 11 is 0. The van der Waals surface area contributed by atoms with Gasteiger partial charge < -0.3 is 10.2 Å². The molecular weight excluding hydrogens is 351 g/mol. The Morgan fingerprint density at radius 1 is 1.38 bits per heavy atom. The lowest BCUT2D eigenvalue weighted by molar-refractivity contribution is 0.0716. The van der Waals surface area contributed by atoms with Gasteiger partial charge in [-0.25, -0.2) is 9.50 Å². The van der Waals surface area contributed by atoms with E-state index in [9.17, 15) is 4.79 Å². The average Bonchev–Trinajstić information content (AvgIpc) is 3.05. The highest BCUT2D eigenvalue weighted by atomic mass is 35.5. The second kappa shape index (κ2) is 7.63. The monoisotopic (exact) mass is 372 g/mol. The van der Waals surface area contributed by atoms with Gasteiger partial charge in [0.2, 0.25) is 5.82 Å². The minimum atomic E-state index is -0.0684. The fourth-order valence-electron chi connectivity index (χ4n) is 3.06. The molecule has 0 bridgehead atoms. The van der Waals surface area contributed by atoms with E-state index >= 15 is 0 Å². The molecule has 1 amide bonds. The van der Waals surface area contributed by atoms with Crippen molar-refractivity contribution in [3.63, 3.8) is 0 Å². The van der Waals surface area contributed by atoms with E-state index in [1.54, 1.807) is 10.7 Å². The van der Waals surface area contributed by atoms with Gasteiger partial charge in [-0.05, 0) is 45.2 Å². The number of nitrogens with one attached hydrogen (secondary N) is 1. The molecule has 24 heavy (non-hydrogen) atoms. The van der Waals surface area contributed by atoms with Crippen molar-refractivity contribution in [2.24, 2.45) is 0 Å². The smallest absolute Gasteiger partial charge is 0.293 e. The summed E-state index contributed by atoms with van der Waals surface area (Å²) in [7, 11) is 0. The first kappa shape index (κ1) is 18.9. The highest BCUT2D eigenvalue weighted by Crippen LogP contribution is 2.28. The number of halogens is 2. The maximum absolute atomic E-state index is 12.8. The number of carbonyl (C=O) groups excluding carboxylic acids is 1. The van der Waals surface area contributed by atoms with Crippen LogP contribution in [-0.2, 0) is 0 Å². The first-order chi connectivity index (χ1) is 10.7. The first-order valence-corrected chi connectivity index (χ1v) is 7.95. The maximum Gasteiger partial charge on any atom is 0.293 e. The van der Waals surface area contributed by atoms with Gasteiger partial charge in [0.1, 0.15) is 0 Å². The molecule has 7 nitrogen and oxygen atoms in total. The third kappa shape index (κ3) is 3.63. The van der Waals surface area contributed by atoms with Crippen LogP contribution in [0.3, 0.4) is 0 Å². The molecule has 0 spiro atoms. The molecule has 2 aliphatic rings. The van der Waals surface area contributed by atoms with Crippen LogP contribution in [0.5, 0.6) is 0 Å². The van der Waals surface area contributed by atoms with E-state index in [0.29, 0.717) is 17.9 Å². The molecule has 1 atom stereocenters. The second-order valence-electron chi connectivity index (χ2n) is 6.22. The normalized spacial score (nSPS) is 19.6. The lowest BCUT2D eigenvalue weighted by Crippen LogP contribution is -2.42. The fraction of sp³-hybridized carbons (Fsp3) is 0.600. The Morgan fingerprint density at radius 3 is 2.79 bits per heavy atom. The summed E-state index contributed by atoms with van der Waals surface area (Å²) in [6, 6.07) is 2.62. The number of amides is 1. The fourth-order valence-corrected chi connectivity index (χ4v) is 3.06. The van der Waals surface area contributed by atoms with E-state index in [1.165, 1.54) is 6.42 Å². The van der Waals surface area contributed by atoms with Crippen LogP contribution in [0.15, 0.2) is 12.3 Å². The maximum atomic E-state index is 12.8. The van der Waals surface area contributed by atoms with Crippen LogP contribution in [-0.4, -0.2) is 55.6 Å². The van der Waals surface area contributed by atoms with Gasteiger partial charge in [0, 0.05) is 30.5 Å². The molecule has 1 saturated heterocycles. The van der Waals surface area contributed by atoms with E-state index in [2.05, 4.69) is 20.4 Å². The Kier molecular flexibility index (Phi) is 6.01. The summed E-state index contributed by atoms with van der Waals surface area (Å²) in [4.78, 5) is 23.3. The summed E-state index contributed by atoms with van der Waals surface area (Å²) in [5, 5.41) is 7.81. The number of fused-ring (bicyclic) bond motifs is 1. The molecule has 0 aromatic carbocycles. The first-order valence-electron chi connectivity index (χ1n) is 7.95. The molecule has 1 N–H and O–H groups in total. The molecule has 2 aromatic heterocycles. The van der Waals surface area contributed by atoms with E-state index in [0.717, 1.165) is 38.0 Å². The molecule has 2 fully saturated rings. The zero-order valence-electron chi connectivity index (χ0n) is 13.5. The number of hydrogen-bond donors (Lipinski definition) is 1. The number of nitrogens with zero attached hydrogens (tertiary/aromatic N) is 5. The van der Waals surface area contributed by atoms with Gasteiger partial charge >= 0.3 is 0 Å². The lowest BCUT2D eigenvalue weighted by Gasteiger charge is -2.24. The van der Waals surface area contributed by atoms with E-state index in [-0.39, 0.29) is 36.5 Å². The number of carbonyl (C=O) groups is 1. The molecule has 0 radical (unpaired) electrons. The standard InChI is InChI=1S/C15H20N6O.2ClH/c1-10-6-8-17-15-18-13(19-21(10)15)14(22)20(12-4-5-12)9-11-3-2-7-16-11;;/h6,8,11-12,16H,2-5,7,9H2,1H3;2*1H. The van der Waals surface area contributed by atoms with Gasteiger partial charge in [0.05, 0.1) is 0 Å². The van der Waals surface area contributed by atoms with Crippen molar-refractivity contribution in [1.29, 1.82) is 0 Å². The van der Waals surface area contributed by atoms with E-state index in [1.807, 2.05) is 17.9 Å². The number of aromatic nitrogens is 4. The van der Waals surface area contributed by atoms with Gasteiger partial charge in [-0.3, -0.25) is 4.79 Å². The number of aryl methyl sites for hydroxylation is 1. The zero-order valence-corrected chi connectivity index (χ0v) is 15.1. The summed E-state index contributed by atoms with van der Waals surface area (Å²) in [5.74, 6) is 0.672. The summed E-state index contributed by atoms with van der Waals surface area (Å²) in [6.07, 6.45) is 6.18. The molecule has 1 aliphatic heterocycles. The van der Waals surface area contributed by atoms with Crippen LogP contribution in [0.1, 0.15) is 42.0 Å². The third-order valence-corrected chi connectivity index (χ3v) is 4.45. The van der Waals surface area contributed by atoms with Gasteiger partial charge in [-0.2, -0.15) is 4.98 Å². The minimum absolute atomic E-state index is 0. The molecule has 1 unspecified atom stereocenters. The Hall–Kier alpha value is -1.44. The van der Waals surface area contributed by atoms with Crippen LogP contribution in [0.2, 0.25) is 0 Å². The molecule has 132 valence electrons. The van der Waals surface area contributed by atoms with Crippen molar-refractivity contribution >= 4 is 36.5 Å². The van der Waals surface area contributed by atoms with E-state index in [4.69, 9.17) is 0 Å². The molecular formula is C15H22Cl2N6O. The van der Waals surface area contributed by atoms with Gasteiger partial charge in [-0.15, -0.1) is 29.9 Å². The molecule has 9 heteroatoms. The van der Waals surface area contributed by atoms with E-state index < -0.39 is 0 Å². The van der Waals surface area contributed by atoms with Crippen molar-refractivity contribution < 1.29 is 4.79 Å². The second-order valence-corrected chi connectivity index (χ2v) is 6.22. The Balaban J connectivity index is 0.00000104. The predicted octanol–water partition coefficient (Wildman–Crippen LogP) is 1.63. The summed E-state index contributed by atoms with van der Waals surface area (Å²) in [5.41, 5.74) is 0.923. The van der Waals surface area contributed by atoms with Crippen molar-refractivity contribution in [2.45, 2.75) is 44.7 Å². The average molecular weight is 373 g/mol. The minimum Gasteiger partial charge on any atom is -0.331 e. The van der Waals surface area contributed by atoms with Gasteiger partial charge in [0.25, 0.3) is 11.7 Å². The highest BCUT2D eigenvalue weighted by Gasteiger charge is 2.36. The summed E-state index contributed by atoms with van der Waals surface area (Å²) in [6.45, 7) is 3.73. The van der Waals surface area contributed by atoms with Crippen LogP contribution in [0.4, 0.5) is 0 Å². The quantitative estimate of drug-likeness (QED) is 0.882. The predicted molar refractivity (Wildman–Crippen MR) is 95.1 cm³/mol. The summed E-state index contributed by atoms with van der Waals surface area (Å²) < 4.78 is 1.63. The SMILES string of the molecule is Cc1ccnc2nc(C(=O)N(CC3CCCN3)C3CC3)nn12.Cl.Cl. The topological polar surface area (TPSA) is 75.4 Å². The Morgan fingerprint density at radius 2 is 2.17 bits per heavy atom.